The van der Waals surface area contributed by atoms with Crippen LogP contribution in [0.3, 0.4) is 0 Å². The smallest absolute Gasteiger partial charge is 0.333 e. The highest BCUT2D eigenvalue weighted by Crippen LogP contribution is 2.35. The zero-order valence-electron chi connectivity index (χ0n) is 19.0. The van der Waals surface area contributed by atoms with E-state index in [9.17, 15) is 14.4 Å². The summed E-state index contributed by atoms with van der Waals surface area (Å²) in [5.74, 6) is -0.376. The predicted octanol–water partition coefficient (Wildman–Crippen LogP) is 3.78. The van der Waals surface area contributed by atoms with Crippen molar-refractivity contribution in [2.75, 3.05) is 36.9 Å². The molecule has 3 aliphatic rings. The zero-order valence-corrected chi connectivity index (χ0v) is 19.0. The second-order valence-corrected chi connectivity index (χ2v) is 9.13. The summed E-state index contributed by atoms with van der Waals surface area (Å²) in [4.78, 5) is 43.7. The first-order chi connectivity index (χ1) is 15.6. The first-order valence-corrected chi connectivity index (χ1v) is 12.0. The van der Waals surface area contributed by atoms with Gasteiger partial charge in [0.1, 0.15) is 6.54 Å². The topological polar surface area (TPSA) is 85.0 Å². The number of amides is 5. The summed E-state index contributed by atoms with van der Waals surface area (Å²) >= 11 is 0. The lowest BCUT2D eigenvalue weighted by molar-refractivity contribution is -0.120. The lowest BCUT2D eigenvalue weighted by Crippen LogP contribution is -2.55. The quantitative estimate of drug-likeness (QED) is 0.745. The number of hydrogen-bond acceptors (Lipinski definition) is 4. The lowest BCUT2D eigenvalue weighted by atomic mass is 9.93. The summed E-state index contributed by atoms with van der Waals surface area (Å²) in [6, 6.07) is 7.04. The molecule has 0 unspecified atom stereocenters. The third-order valence-electron chi connectivity index (χ3n) is 7.12. The molecule has 0 spiro atoms. The molecule has 2 aliphatic heterocycles. The Balaban J connectivity index is 1.52. The maximum atomic E-state index is 13.5. The van der Waals surface area contributed by atoms with E-state index in [1.54, 1.807) is 11.0 Å². The van der Waals surface area contributed by atoms with Crippen LogP contribution >= 0.6 is 0 Å². The standard InChI is InChI=1S/C24H35N5O3/c1-25-22(30)17-28-23(31)26-20-11-7-8-12-21(20)29(24(28)32)19-13-15-27(16-14-19)18-9-5-3-2-4-6-10-18/h7-8,11-12,18-19H,2-6,9-10,13-17H2,1H3,(H,25,30)(H,26,31). The molecule has 0 bridgehead atoms. The van der Waals surface area contributed by atoms with Crippen LogP contribution in [-0.2, 0) is 4.79 Å². The molecule has 174 valence electrons. The molecule has 1 aliphatic carbocycles. The minimum absolute atomic E-state index is 0.00616. The fourth-order valence-corrected chi connectivity index (χ4v) is 5.32. The molecular formula is C24H35N5O3. The van der Waals surface area contributed by atoms with E-state index in [1.165, 1.54) is 52.0 Å². The van der Waals surface area contributed by atoms with Gasteiger partial charge in [0.05, 0.1) is 11.4 Å². The van der Waals surface area contributed by atoms with Crippen molar-refractivity contribution in [3.8, 4) is 0 Å². The normalized spacial score (nSPS) is 21.9. The number of anilines is 2. The van der Waals surface area contributed by atoms with Gasteiger partial charge in [0, 0.05) is 32.2 Å². The fraction of sp³-hybridized carbons (Fsp3) is 0.625. The lowest BCUT2D eigenvalue weighted by Gasteiger charge is -2.42. The van der Waals surface area contributed by atoms with Crippen LogP contribution in [0, 0.1) is 0 Å². The van der Waals surface area contributed by atoms with Crippen LogP contribution in [0.15, 0.2) is 24.3 Å². The molecule has 1 aromatic carbocycles. The summed E-state index contributed by atoms with van der Waals surface area (Å²) in [7, 11) is 1.50. The number of rotatable bonds is 4. The van der Waals surface area contributed by atoms with E-state index in [-0.39, 0.29) is 18.5 Å². The molecule has 32 heavy (non-hydrogen) atoms. The van der Waals surface area contributed by atoms with Crippen molar-refractivity contribution in [3.63, 3.8) is 0 Å². The number of hydrogen-bond donors (Lipinski definition) is 2. The van der Waals surface area contributed by atoms with E-state index in [4.69, 9.17) is 0 Å². The van der Waals surface area contributed by atoms with Gasteiger partial charge in [-0.15, -0.1) is 0 Å². The molecular weight excluding hydrogens is 406 g/mol. The van der Waals surface area contributed by atoms with Crippen LogP contribution in [0.5, 0.6) is 0 Å². The number of fused-ring (bicyclic) bond motifs is 1. The average Bonchev–Trinajstić information content (AvgIpc) is 2.88. The Morgan fingerprint density at radius 2 is 1.62 bits per heavy atom. The van der Waals surface area contributed by atoms with Crippen LogP contribution in [0.2, 0.25) is 0 Å². The van der Waals surface area contributed by atoms with Crippen molar-refractivity contribution < 1.29 is 14.4 Å². The maximum absolute atomic E-state index is 13.5. The molecule has 0 radical (unpaired) electrons. The monoisotopic (exact) mass is 441 g/mol. The highest BCUT2D eigenvalue weighted by molar-refractivity contribution is 6.13. The van der Waals surface area contributed by atoms with Crippen LogP contribution in [0.1, 0.15) is 57.8 Å². The molecule has 0 aromatic heterocycles. The summed E-state index contributed by atoms with van der Waals surface area (Å²) in [6.45, 7) is 1.61. The summed E-state index contributed by atoms with van der Waals surface area (Å²) in [5.41, 5.74) is 1.31. The number of nitrogens with one attached hydrogen (secondary N) is 2. The number of piperidine rings is 1. The molecule has 1 aromatic rings. The average molecular weight is 442 g/mol. The van der Waals surface area contributed by atoms with Gasteiger partial charge in [0.15, 0.2) is 0 Å². The van der Waals surface area contributed by atoms with Gasteiger partial charge in [-0.05, 0) is 37.8 Å². The SMILES string of the molecule is CNC(=O)CN1C(=O)Nc2ccccc2N(C2CCN(C3CCCCCCC3)CC2)C1=O. The molecule has 8 nitrogen and oxygen atoms in total. The Kier molecular flexibility index (Phi) is 7.29. The number of likely N-dealkylation sites (N-methyl/N-ethyl adjacent to an activating group) is 1. The highest BCUT2D eigenvalue weighted by atomic mass is 16.2. The van der Waals surface area contributed by atoms with Gasteiger partial charge in [0.25, 0.3) is 0 Å². The van der Waals surface area contributed by atoms with Crippen LogP contribution < -0.4 is 15.5 Å². The molecule has 1 saturated heterocycles. The van der Waals surface area contributed by atoms with Crippen LogP contribution in [-0.4, -0.2) is 66.5 Å². The van der Waals surface area contributed by atoms with Gasteiger partial charge in [-0.1, -0.05) is 44.2 Å². The Labute approximate surface area is 190 Å². The second-order valence-electron chi connectivity index (χ2n) is 9.13. The zero-order chi connectivity index (χ0) is 22.5. The number of carbonyl (C=O) groups excluding carboxylic acids is 3. The van der Waals surface area contributed by atoms with Gasteiger partial charge >= 0.3 is 12.1 Å². The number of imide groups is 1. The first-order valence-electron chi connectivity index (χ1n) is 12.0. The van der Waals surface area contributed by atoms with E-state index in [0.717, 1.165) is 30.8 Å². The van der Waals surface area contributed by atoms with Gasteiger partial charge in [-0.3, -0.25) is 9.69 Å². The first kappa shape index (κ1) is 22.6. The molecule has 2 N–H and O–H groups in total. The van der Waals surface area contributed by atoms with Crippen molar-refractivity contribution in [2.45, 2.75) is 69.9 Å². The van der Waals surface area contributed by atoms with E-state index in [1.807, 2.05) is 18.2 Å². The van der Waals surface area contributed by atoms with Gasteiger partial charge in [-0.2, -0.15) is 0 Å². The number of urea groups is 2. The largest absolute Gasteiger partial charge is 0.358 e. The third-order valence-corrected chi connectivity index (χ3v) is 7.12. The molecule has 1 saturated carbocycles. The van der Waals surface area contributed by atoms with E-state index >= 15 is 0 Å². The molecule has 4 rings (SSSR count). The molecule has 5 amide bonds. The van der Waals surface area contributed by atoms with Crippen molar-refractivity contribution in [2.24, 2.45) is 0 Å². The summed E-state index contributed by atoms with van der Waals surface area (Å²) < 4.78 is 0. The van der Waals surface area contributed by atoms with Crippen LogP contribution in [0.4, 0.5) is 21.0 Å². The minimum Gasteiger partial charge on any atom is -0.358 e. The number of nitrogens with zero attached hydrogens (tertiary/aromatic N) is 3. The highest BCUT2D eigenvalue weighted by Gasteiger charge is 2.39. The number of para-hydroxylation sites is 2. The van der Waals surface area contributed by atoms with Crippen molar-refractivity contribution in [3.05, 3.63) is 24.3 Å². The second kappa shape index (κ2) is 10.3. The summed E-state index contributed by atoms with van der Waals surface area (Å²) in [5, 5.41) is 5.31. The van der Waals surface area contributed by atoms with Gasteiger partial charge in [-0.25, -0.2) is 14.5 Å². The fourth-order valence-electron chi connectivity index (χ4n) is 5.32. The van der Waals surface area contributed by atoms with E-state index < -0.39 is 12.1 Å². The Bertz CT molecular complexity index is 829. The third kappa shape index (κ3) is 4.90. The minimum atomic E-state index is -0.569. The van der Waals surface area contributed by atoms with Gasteiger partial charge < -0.3 is 15.5 Å². The molecule has 2 fully saturated rings. The Morgan fingerprint density at radius 1 is 0.969 bits per heavy atom. The van der Waals surface area contributed by atoms with Crippen LogP contribution in [0.25, 0.3) is 0 Å². The number of benzene rings is 1. The number of likely N-dealkylation sites (tertiary alicyclic amines) is 1. The molecule has 8 heteroatoms. The predicted molar refractivity (Wildman–Crippen MR) is 125 cm³/mol. The van der Waals surface area contributed by atoms with Crippen molar-refractivity contribution in [1.82, 2.24) is 15.1 Å². The van der Waals surface area contributed by atoms with Crippen molar-refractivity contribution >= 4 is 29.3 Å². The number of carbonyl (C=O) groups is 3. The van der Waals surface area contributed by atoms with E-state index in [2.05, 4.69) is 15.5 Å². The maximum Gasteiger partial charge on any atom is 0.333 e. The van der Waals surface area contributed by atoms with Crippen molar-refractivity contribution in [1.29, 1.82) is 0 Å². The Hall–Kier alpha value is -2.61. The molecule has 0 atom stereocenters. The van der Waals surface area contributed by atoms with Gasteiger partial charge in [0.2, 0.25) is 5.91 Å². The van der Waals surface area contributed by atoms with E-state index in [0.29, 0.717) is 17.4 Å². The summed E-state index contributed by atoms with van der Waals surface area (Å²) in [6.07, 6.45) is 10.9. The Morgan fingerprint density at radius 3 is 2.31 bits per heavy atom. The molecule has 2 heterocycles.